The normalized spacial score (nSPS) is 14.6. The van der Waals surface area contributed by atoms with Gasteiger partial charge in [-0.15, -0.1) is 0 Å². The van der Waals surface area contributed by atoms with Crippen molar-refractivity contribution in [1.82, 2.24) is 0 Å². The van der Waals surface area contributed by atoms with Gasteiger partial charge in [-0.25, -0.2) is 9.13 Å². The van der Waals surface area contributed by atoms with Crippen molar-refractivity contribution in [3.8, 4) is 0 Å². The fourth-order valence-corrected chi connectivity index (χ4v) is 11.1. The van der Waals surface area contributed by atoms with Crippen molar-refractivity contribution in [2.45, 2.75) is 342 Å². The molecule has 0 radical (unpaired) electrons. The highest BCUT2D eigenvalue weighted by molar-refractivity contribution is 7.47. The van der Waals surface area contributed by atoms with E-state index in [9.17, 15) is 43.2 Å². The van der Waals surface area contributed by atoms with Crippen molar-refractivity contribution in [3.63, 3.8) is 0 Å². The van der Waals surface area contributed by atoms with E-state index in [1.54, 1.807) is 0 Å². The van der Waals surface area contributed by atoms with E-state index >= 15 is 0 Å². The Bertz CT molecular complexity index is 1620. The lowest BCUT2D eigenvalue weighted by molar-refractivity contribution is -0.161. The zero-order chi connectivity index (χ0) is 61.3. The highest BCUT2D eigenvalue weighted by atomic mass is 31.2. The first kappa shape index (κ1) is 81.1. The average molecular weight is 1230 g/mol. The molecule has 0 heterocycles. The van der Waals surface area contributed by atoms with Crippen molar-refractivity contribution < 1.29 is 80.2 Å². The van der Waals surface area contributed by atoms with E-state index in [1.807, 2.05) is 0 Å². The van der Waals surface area contributed by atoms with E-state index in [0.29, 0.717) is 25.7 Å². The van der Waals surface area contributed by atoms with Crippen LogP contribution in [0.1, 0.15) is 324 Å². The number of hydrogen-bond acceptors (Lipinski definition) is 15. The van der Waals surface area contributed by atoms with Crippen LogP contribution in [0.15, 0.2) is 0 Å². The Hall–Kier alpha value is -1.94. The summed E-state index contributed by atoms with van der Waals surface area (Å²) in [5.41, 5.74) is 0. The van der Waals surface area contributed by atoms with E-state index in [0.717, 1.165) is 102 Å². The third kappa shape index (κ3) is 57.6. The molecule has 0 aliphatic rings. The number of phosphoric acid groups is 2. The molecule has 0 aliphatic heterocycles. The van der Waals surface area contributed by atoms with Crippen LogP contribution >= 0.6 is 15.6 Å². The van der Waals surface area contributed by atoms with Crippen LogP contribution < -0.4 is 0 Å². The number of phosphoric ester groups is 2. The molecule has 17 nitrogen and oxygen atoms in total. The monoisotopic (exact) mass is 1230 g/mol. The molecule has 0 spiro atoms. The quantitative estimate of drug-likeness (QED) is 0.0222. The molecule has 0 aromatic rings. The summed E-state index contributed by atoms with van der Waals surface area (Å²) in [6.45, 7) is 7.07. The largest absolute Gasteiger partial charge is 0.472 e. The van der Waals surface area contributed by atoms with Gasteiger partial charge in [0.1, 0.15) is 19.3 Å². The number of carbonyl (C=O) groups excluding carboxylic acids is 4. The molecule has 0 aromatic carbocycles. The van der Waals surface area contributed by atoms with E-state index < -0.39 is 97.5 Å². The molecule has 0 aliphatic carbocycles. The van der Waals surface area contributed by atoms with Crippen LogP contribution in [-0.2, 0) is 65.4 Å². The third-order valence-electron chi connectivity index (χ3n) is 15.1. The maximum atomic E-state index is 13.0. The first-order valence-electron chi connectivity index (χ1n) is 33.7. The maximum absolute atomic E-state index is 13.0. The summed E-state index contributed by atoms with van der Waals surface area (Å²) >= 11 is 0. The third-order valence-corrected chi connectivity index (χ3v) is 17.0. The summed E-state index contributed by atoms with van der Waals surface area (Å²) in [7, 11) is -9.88. The topological polar surface area (TPSA) is 237 Å². The molecule has 0 saturated heterocycles. The molecule has 0 rings (SSSR count). The fraction of sp³-hybridized carbons (Fsp3) is 0.938. The van der Waals surface area contributed by atoms with Gasteiger partial charge in [-0.05, 0) is 31.6 Å². The fourth-order valence-electron chi connectivity index (χ4n) is 9.55. The minimum Gasteiger partial charge on any atom is -0.462 e. The van der Waals surface area contributed by atoms with Gasteiger partial charge in [0.05, 0.1) is 26.4 Å². The van der Waals surface area contributed by atoms with E-state index in [2.05, 4.69) is 34.6 Å². The van der Waals surface area contributed by atoms with Gasteiger partial charge in [0, 0.05) is 25.7 Å². The second kappa shape index (κ2) is 57.8. The Kier molecular flexibility index (Phi) is 56.4. The number of unbranched alkanes of at least 4 members (excludes halogenated alkanes) is 35. The first-order valence-corrected chi connectivity index (χ1v) is 36.7. The molecular formula is C64H124O17P2. The standard InChI is InChI=1S/C64H124O17P2/c1-6-10-13-16-18-20-22-24-26-28-30-32-38-43-48-62(67)75-54-60(80-63(68)49-44-39-33-31-29-27-25-23-21-19-17-14-11-7-2)56-79-83(72,73)77-52-58(65)51-76-82(70,71)78-55-59(53-74-61(66)47-42-36-15-12-8-3)81-64(69)50-45-40-35-34-37-41-46-57(5)9-4/h57-60,65H,6-56H2,1-5H3,(H,70,71)(H,72,73)/t57?,58-,59+,60+/m0/s1. The summed E-state index contributed by atoms with van der Waals surface area (Å²) in [4.78, 5) is 72.0. The summed E-state index contributed by atoms with van der Waals surface area (Å²) < 4.78 is 67.8. The summed E-state index contributed by atoms with van der Waals surface area (Å²) in [6.07, 6.45) is 42.0. The molecule has 6 atom stereocenters. The van der Waals surface area contributed by atoms with Gasteiger partial charge in [0.2, 0.25) is 0 Å². The highest BCUT2D eigenvalue weighted by Crippen LogP contribution is 2.45. The number of carbonyl (C=O) groups is 4. The van der Waals surface area contributed by atoms with Gasteiger partial charge in [-0.1, -0.05) is 272 Å². The Morgan fingerprint density at radius 3 is 0.855 bits per heavy atom. The molecule has 0 amide bonds. The molecule has 3 unspecified atom stereocenters. The van der Waals surface area contributed by atoms with Gasteiger partial charge < -0.3 is 33.8 Å². The van der Waals surface area contributed by atoms with Crippen LogP contribution in [0, 0.1) is 5.92 Å². The van der Waals surface area contributed by atoms with Crippen molar-refractivity contribution in [2.24, 2.45) is 5.92 Å². The minimum absolute atomic E-state index is 0.102. The zero-order valence-corrected chi connectivity index (χ0v) is 55.1. The number of aliphatic hydroxyl groups is 1. The molecule has 83 heavy (non-hydrogen) atoms. The smallest absolute Gasteiger partial charge is 0.462 e. The van der Waals surface area contributed by atoms with Crippen molar-refractivity contribution in [2.75, 3.05) is 39.6 Å². The Morgan fingerprint density at radius 1 is 0.337 bits per heavy atom. The zero-order valence-electron chi connectivity index (χ0n) is 53.3. The Labute approximate surface area is 505 Å². The Morgan fingerprint density at radius 2 is 0.578 bits per heavy atom. The minimum atomic E-state index is -4.94. The summed E-state index contributed by atoms with van der Waals surface area (Å²) in [5.74, 6) is -1.42. The predicted molar refractivity (Wildman–Crippen MR) is 331 cm³/mol. The van der Waals surface area contributed by atoms with Crippen molar-refractivity contribution >= 4 is 39.5 Å². The number of ether oxygens (including phenoxy) is 4. The van der Waals surface area contributed by atoms with Gasteiger partial charge in [-0.3, -0.25) is 37.3 Å². The van der Waals surface area contributed by atoms with E-state index in [-0.39, 0.29) is 25.7 Å². The van der Waals surface area contributed by atoms with Crippen molar-refractivity contribution in [1.29, 1.82) is 0 Å². The van der Waals surface area contributed by atoms with Crippen LogP contribution in [-0.4, -0.2) is 96.7 Å². The van der Waals surface area contributed by atoms with Gasteiger partial charge in [0.25, 0.3) is 0 Å². The summed E-state index contributed by atoms with van der Waals surface area (Å²) in [6, 6.07) is 0. The second-order valence-electron chi connectivity index (χ2n) is 23.4. The number of esters is 4. The summed E-state index contributed by atoms with van der Waals surface area (Å²) in [5, 5.41) is 10.5. The van der Waals surface area contributed by atoms with E-state index in [4.69, 9.17) is 37.0 Å². The predicted octanol–water partition coefficient (Wildman–Crippen LogP) is 17.8. The van der Waals surface area contributed by atoms with Crippen LogP contribution in [0.5, 0.6) is 0 Å². The molecule has 19 heteroatoms. The van der Waals surface area contributed by atoms with Gasteiger partial charge in [0.15, 0.2) is 12.2 Å². The molecular weight excluding hydrogens is 1100 g/mol. The molecule has 3 N–H and O–H groups in total. The second-order valence-corrected chi connectivity index (χ2v) is 26.3. The van der Waals surface area contributed by atoms with Crippen LogP contribution in [0.3, 0.4) is 0 Å². The lowest BCUT2D eigenvalue weighted by Crippen LogP contribution is -2.30. The van der Waals surface area contributed by atoms with E-state index in [1.165, 1.54) is 141 Å². The first-order chi connectivity index (χ1) is 40.1. The highest BCUT2D eigenvalue weighted by Gasteiger charge is 2.30. The lowest BCUT2D eigenvalue weighted by atomic mass is 10.00. The van der Waals surface area contributed by atoms with Crippen LogP contribution in [0.4, 0.5) is 0 Å². The van der Waals surface area contributed by atoms with Gasteiger partial charge in [-0.2, -0.15) is 0 Å². The molecule has 0 fully saturated rings. The molecule has 492 valence electrons. The number of aliphatic hydroxyl groups excluding tert-OH is 1. The lowest BCUT2D eigenvalue weighted by Gasteiger charge is -2.21. The SMILES string of the molecule is CCCCCCCCCCCCCCCCC(=O)OC[C@H](COP(=O)(O)OC[C@@H](O)COP(=O)(O)OC[C@@H](COC(=O)CCCCCCC)OC(=O)CCCCCCCCC(C)CC)OC(=O)CCCCCCCCCCCCCCCC. The Balaban J connectivity index is 5.18. The number of rotatable bonds is 64. The van der Waals surface area contributed by atoms with Gasteiger partial charge >= 0.3 is 39.5 Å². The van der Waals surface area contributed by atoms with Crippen LogP contribution in [0.25, 0.3) is 0 Å². The molecule has 0 aromatic heterocycles. The average Bonchev–Trinajstić information content (AvgIpc) is 3.49. The maximum Gasteiger partial charge on any atom is 0.472 e. The molecule has 0 saturated carbocycles. The molecule has 0 bridgehead atoms. The number of hydrogen-bond donors (Lipinski definition) is 3. The van der Waals surface area contributed by atoms with Crippen LogP contribution in [0.2, 0.25) is 0 Å². The van der Waals surface area contributed by atoms with Crippen molar-refractivity contribution in [3.05, 3.63) is 0 Å².